The Morgan fingerprint density at radius 1 is 1.29 bits per heavy atom. The lowest BCUT2D eigenvalue weighted by molar-refractivity contribution is -0.118. The van der Waals surface area contributed by atoms with Crippen molar-refractivity contribution in [1.82, 2.24) is 4.90 Å². The summed E-state index contributed by atoms with van der Waals surface area (Å²) in [5, 5.41) is 2.87. The van der Waals surface area contributed by atoms with E-state index in [9.17, 15) is 9.59 Å². The lowest BCUT2D eigenvalue weighted by Crippen LogP contribution is -2.43. The van der Waals surface area contributed by atoms with Crippen LogP contribution in [0.15, 0.2) is 24.3 Å². The molecule has 21 heavy (non-hydrogen) atoms. The molecule has 0 saturated carbocycles. The molecule has 0 radical (unpaired) electrons. The topological polar surface area (TPSA) is 75.4 Å². The van der Waals surface area contributed by atoms with Gasteiger partial charge in [-0.3, -0.25) is 14.5 Å². The summed E-state index contributed by atoms with van der Waals surface area (Å²) < 4.78 is 0. The SMILES string of the molecule is CC[C@@H]1CCCCN1CC(=O)Nc1ccc(C(N)=O)cc1. The summed E-state index contributed by atoms with van der Waals surface area (Å²) in [6.07, 6.45) is 4.68. The molecule has 114 valence electrons. The fourth-order valence-corrected chi connectivity index (χ4v) is 2.83. The molecule has 0 unspecified atom stereocenters. The van der Waals surface area contributed by atoms with E-state index < -0.39 is 5.91 Å². The molecule has 1 aromatic rings. The molecule has 0 aromatic heterocycles. The van der Waals surface area contributed by atoms with Crippen molar-refractivity contribution in [3.05, 3.63) is 29.8 Å². The molecule has 3 N–H and O–H groups in total. The summed E-state index contributed by atoms with van der Waals surface area (Å²) in [5.74, 6) is -0.478. The van der Waals surface area contributed by atoms with E-state index in [2.05, 4.69) is 17.1 Å². The van der Waals surface area contributed by atoms with Crippen molar-refractivity contribution in [3.63, 3.8) is 0 Å². The van der Waals surface area contributed by atoms with E-state index in [4.69, 9.17) is 5.73 Å². The molecule has 5 nitrogen and oxygen atoms in total. The normalized spacial score (nSPS) is 19.2. The van der Waals surface area contributed by atoms with Crippen molar-refractivity contribution in [3.8, 4) is 0 Å². The monoisotopic (exact) mass is 289 g/mol. The number of primary amides is 1. The number of anilines is 1. The third-order valence-electron chi connectivity index (χ3n) is 4.02. The number of nitrogens with two attached hydrogens (primary N) is 1. The number of likely N-dealkylation sites (tertiary alicyclic amines) is 1. The highest BCUT2D eigenvalue weighted by Crippen LogP contribution is 2.19. The maximum Gasteiger partial charge on any atom is 0.248 e. The Balaban J connectivity index is 1.90. The number of hydrogen-bond donors (Lipinski definition) is 2. The minimum atomic E-state index is -0.466. The largest absolute Gasteiger partial charge is 0.366 e. The summed E-state index contributed by atoms with van der Waals surface area (Å²) in [7, 11) is 0. The van der Waals surface area contributed by atoms with Gasteiger partial charge in [0.1, 0.15) is 0 Å². The number of hydrogen-bond acceptors (Lipinski definition) is 3. The number of nitrogens with one attached hydrogen (secondary N) is 1. The number of carbonyl (C=O) groups excluding carboxylic acids is 2. The zero-order valence-corrected chi connectivity index (χ0v) is 12.5. The van der Waals surface area contributed by atoms with E-state index in [0.717, 1.165) is 19.4 Å². The first-order valence-electron chi connectivity index (χ1n) is 7.54. The average Bonchev–Trinajstić information content (AvgIpc) is 2.48. The van der Waals surface area contributed by atoms with Crippen molar-refractivity contribution in [2.45, 2.75) is 38.6 Å². The van der Waals surface area contributed by atoms with E-state index in [1.54, 1.807) is 24.3 Å². The molecule has 1 aliphatic heterocycles. The number of nitrogens with zero attached hydrogens (tertiary/aromatic N) is 1. The van der Waals surface area contributed by atoms with Crippen LogP contribution >= 0.6 is 0 Å². The average molecular weight is 289 g/mol. The van der Waals surface area contributed by atoms with E-state index in [1.165, 1.54) is 12.8 Å². The molecule has 0 spiro atoms. The Kier molecular flexibility index (Phi) is 5.33. The molecule has 1 fully saturated rings. The fourth-order valence-electron chi connectivity index (χ4n) is 2.83. The van der Waals surface area contributed by atoms with Gasteiger partial charge in [-0.25, -0.2) is 0 Å². The number of benzene rings is 1. The number of rotatable bonds is 5. The van der Waals surface area contributed by atoms with Gasteiger partial charge in [-0.15, -0.1) is 0 Å². The molecule has 1 saturated heterocycles. The van der Waals surface area contributed by atoms with Gasteiger partial charge < -0.3 is 11.1 Å². The lowest BCUT2D eigenvalue weighted by Gasteiger charge is -2.34. The number of piperidine rings is 1. The Labute approximate surface area is 125 Å². The van der Waals surface area contributed by atoms with Gasteiger partial charge in [-0.05, 0) is 50.1 Å². The third-order valence-corrected chi connectivity index (χ3v) is 4.02. The van der Waals surface area contributed by atoms with Gasteiger partial charge in [0.25, 0.3) is 0 Å². The predicted molar refractivity (Wildman–Crippen MR) is 83.1 cm³/mol. The Bertz CT molecular complexity index is 499. The summed E-state index contributed by atoms with van der Waals surface area (Å²) in [5.41, 5.74) is 6.32. The minimum absolute atomic E-state index is 0.0119. The Hall–Kier alpha value is -1.88. The summed E-state index contributed by atoms with van der Waals surface area (Å²) in [4.78, 5) is 25.4. The van der Waals surface area contributed by atoms with E-state index in [1.807, 2.05) is 0 Å². The molecular formula is C16H23N3O2. The highest BCUT2D eigenvalue weighted by atomic mass is 16.2. The first-order chi connectivity index (χ1) is 10.1. The van der Waals surface area contributed by atoms with Gasteiger partial charge in [-0.2, -0.15) is 0 Å². The van der Waals surface area contributed by atoms with Crippen molar-refractivity contribution in [1.29, 1.82) is 0 Å². The van der Waals surface area contributed by atoms with Crippen LogP contribution in [0.5, 0.6) is 0 Å². The van der Waals surface area contributed by atoms with Crippen molar-refractivity contribution in [2.24, 2.45) is 5.73 Å². The van der Waals surface area contributed by atoms with Gasteiger partial charge in [0.2, 0.25) is 11.8 Å². The second kappa shape index (κ2) is 7.22. The number of amides is 2. The molecule has 2 rings (SSSR count). The van der Waals surface area contributed by atoms with E-state index in [0.29, 0.717) is 23.8 Å². The van der Waals surface area contributed by atoms with E-state index >= 15 is 0 Å². The van der Waals surface area contributed by atoms with Crippen molar-refractivity contribution < 1.29 is 9.59 Å². The fraction of sp³-hybridized carbons (Fsp3) is 0.500. The maximum atomic E-state index is 12.1. The molecule has 0 bridgehead atoms. The second-order valence-electron chi connectivity index (χ2n) is 5.52. The van der Waals surface area contributed by atoms with Crippen LogP contribution < -0.4 is 11.1 Å². The van der Waals surface area contributed by atoms with Crippen LogP contribution in [0.4, 0.5) is 5.69 Å². The van der Waals surface area contributed by atoms with Crippen LogP contribution in [0.1, 0.15) is 43.0 Å². The van der Waals surface area contributed by atoms with Crippen molar-refractivity contribution >= 4 is 17.5 Å². The first kappa shape index (κ1) is 15.5. The minimum Gasteiger partial charge on any atom is -0.366 e. The van der Waals surface area contributed by atoms with Crippen LogP contribution in [-0.4, -0.2) is 35.8 Å². The molecule has 0 aliphatic carbocycles. The molecule has 5 heteroatoms. The van der Waals surface area contributed by atoms with Crippen LogP contribution in [0.25, 0.3) is 0 Å². The van der Waals surface area contributed by atoms with Gasteiger partial charge in [0.05, 0.1) is 6.54 Å². The summed E-state index contributed by atoms with van der Waals surface area (Å²) >= 11 is 0. The van der Waals surface area contributed by atoms with Gasteiger partial charge in [-0.1, -0.05) is 13.3 Å². The summed E-state index contributed by atoms with van der Waals surface area (Å²) in [6.45, 7) is 3.59. The van der Waals surface area contributed by atoms with Crippen LogP contribution in [0.2, 0.25) is 0 Å². The Morgan fingerprint density at radius 2 is 2.00 bits per heavy atom. The smallest absolute Gasteiger partial charge is 0.248 e. The molecule has 1 atom stereocenters. The molecule has 2 amide bonds. The standard InChI is InChI=1S/C16H23N3O2/c1-2-14-5-3-4-10-19(14)11-15(20)18-13-8-6-12(7-9-13)16(17)21/h6-9,14H,2-5,10-11H2,1H3,(H2,17,21)(H,18,20)/t14-/m1/s1. The molecular weight excluding hydrogens is 266 g/mol. The van der Waals surface area contributed by atoms with Crippen LogP contribution in [-0.2, 0) is 4.79 Å². The van der Waals surface area contributed by atoms with Crippen LogP contribution in [0, 0.1) is 0 Å². The second-order valence-corrected chi connectivity index (χ2v) is 5.52. The van der Waals surface area contributed by atoms with Gasteiger partial charge >= 0.3 is 0 Å². The van der Waals surface area contributed by atoms with Gasteiger partial charge in [0.15, 0.2) is 0 Å². The predicted octanol–water partition coefficient (Wildman–Crippen LogP) is 1.99. The molecule has 1 heterocycles. The van der Waals surface area contributed by atoms with Crippen molar-refractivity contribution in [2.75, 3.05) is 18.4 Å². The lowest BCUT2D eigenvalue weighted by atomic mass is 10.00. The number of carbonyl (C=O) groups is 2. The van der Waals surface area contributed by atoms with Crippen LogP contribution in [0.3, 0.4) is 0 Å². The molecule has 1 aliphatic rings. The summed E-state index contributed by atoms with van der Waals surface area (Å²) in [6, 6.07) is 7.15. The van der Waals surface area contributed by atoms with Gasteiger partial charge in [0, 0.05) is 17.3 Å². The highest BCUT2D eigenvalue weighted by Gasteiger charge is 2.22. The highest BCUT2D eigenvalue weighted by molar-refractivity contribution is 5.95. The maximum absolute atomic E-state index is 12.1. The third kappa shape index (κ3) is 4.29. The first-order valence-corrected chi connectivity index (χ1v) is 7.54. The zero-order chi connectivity index (χ0) is 15.2. The molecule has 1 aromatic carbocycles. The Morgan fingerprint density at radius 3 is 2.62 bits per heavy atom. The quantitative estimate of drug-likeness (QED) is 0.870. The zero-order valence-electron chi connectivity index (χ0n) is 12.5. The van der Waals surface area contributed by atoms with E-state index in [-0.39, 0.29) is 5.91 Å².